The van der Waals surface area contributed by atoms with E-state index in [1.165, 1.54) is 5.69 Å². The fraction of sp³-hybridized carbons (Fsp3) is 0.591. The van der Waals surface area contributed by atoms with Crippen molar-refractivity contribution in [3.05, 3.63) is 42.5 Å². The van der Waals surface area contributed by atoms with Gasteiger partial charge in [-0.05, 0) is 37.9 Å². The summed E-state index contributed by atoms with van der Waals surface area (Å²) < 4.78 is 1.99. The predicted octanol–water partition coefficient (Wildman–Crippen LogP) is 1.92. The number of rotatable bonds is 6. The van der Waals surface area contributed by atoms with Gasteiger partial charge in [-0.2, -0.15) is 0 Å². The van der Waals surface area contributed by atoms with Crippen molar-refractivity contribution < 1.29 is 4.79 Å². The number of piperazine rings is 1. The van der Waals surface area contributed by atoms with Crippen LogP contribution in [0.25, 0.3) is 0 Å². The van der Waals surface area contributed by atoms with Gasteiger partial charge in [0.15, 0.2) is 0 Å². The first-order valence-corrected chi connectivity index (χ1v) is 11.1. The van der Waals surface area contributed by atoms with Crippen LogP contribution in [0.4, 0.5) is 10.5 Å². The summed E-state index contributed by atoms with van der Waals surface area (Å²) in [6.07, 6.45) is 4.64. The number of benzene rings is 1. The highest BCUT2D eigenvalue weighted by molar-refractivity contribution is 5.74. The van der Waals surface area contributed by atoms with E-state index >= 15 is 0 Å². The maximum Gasteiger partial charge on any atom is 0.317 e. The van der Waals surface area contributed by atoms with E-state index < -0.39 is 0 Å². The first-order valence-electron chi connectivity index (χ1n) is 11.1. The Labute approximate surface area is 178 Å². The molecule has 2 aliphatic rings. The fourth-order valence-corrected chi connectivity index (χ4v) is 4.48. The van der Waals surface area contributed by atoms with Gasteiger partial charge >= 0.3 is 6.03 Å². The largest absolute Gasteiger partial charge is 0.369 e. The molecule has 1 N–H and O–H groups in total. The van der Waals surface area contributed by atoms with Crippen molar-refractivity contribution in [2.45, 2.75) is 25.2 Å². The molecule has 1 aromatic carbocycles. The number of nitrogens with one attached hydrogen (secondary N) is 1. The van der Waals surface area contributed by atoms with Gasteiger partial charge in [0.05, 0.1) is 0 Å². The van der Waals surface area contributed by atoms with Crippen LogP contribution in [-0.2, 0) is 7.05 Å². The Morgan fingerprint density at radius 1 is 1.07 bits per heavy atom. The minimum absolute atomic E-state index is 0.0697. The van der Waals surface area contributed by atoms with Crippen LogP contribution in [0.15, 0.2) is 36.7 Å². The van der Waals surface area contributed by atoms with Crippen LogP contribution in [0.5, 0.6) is 0 Å². The normalized spacial score (nSPS) is 18.6. The zero-order chi connectivity index (χ0) is 20.8. The van der Waals surface area contributed by atoms with Crippen molar-refractivity contribution in [3.8, 4) is 0 Å². The summed E-state index contributed by atoms with van der Waals surface area (Å²) in [7, 11) is 1.98. The molecule has 2 amide bonds. The van der Waals surface area contributed by atoms with Crippen LogP contribution in [-0.4, -0.2) is 83.0 Å². The Morgan fingerprint density at radius 3 is 2.47 bits per heavy atom. The highest BCUT2D eigenvalue weighted by Crippen LogP contribution is 2.26. The van der Waals surface area contributed by atoms with Crippen LogP contribution in [0.2, 0.25) is 0 Å². The predicted molar refractivity (Wildman–Crippen MR) is 118 cm³/mol. The molecular weight excluding hydrogens is 378 g/mol. The molecule has 0 aliphatic carbocycles. The molecule has 0 radical (unpaired) electrons. The lowest BCUT2D eigenvalue weighted by Gasteiger charge is -2.36. The number of hydrogen-bond acceptors (Lipinski definition) is 5. The number of carbonyl (C=O) groups is 1. The van der Waals surface area contributed by atoms with Crippen LogP contribution >= 0.6 is 0 Å². The van der Waals surface area contributed by atoms with Crippen molar-refractivity contribution in [2.24, 2.45) is 7.05 Å². The first kappa shape index (κ1) is 20.7. The lowest BCUT2D eigenvalue weighted by Crippen LogP contribution is -2.47. The SMILES string of the molecule is Cn1cnnc1C1CCN(C(=O)NCCCN2CCN(c3ccccc3)CC2)CC1. The quantitative estimate of drug-likeness (QED) is 0.736. The monoisotopic (exact) mass is 411 g/mol. The molecule has 1 aromatic heterocycles. The summed E-state index contributed by atoms with van der Waals surface area (Å²) in [4.78, 5) is 19.4. The van der Waals surface area contributed by atoms with Crippen LogP contribution in [0.3, 0.4) is 0 Å². The zero-order valence-corrected chi connectivity index (χ0v) is 17.9. The Bertz CT molecular complexity index is 793. The van der Waals surface area contributed by atoms with Gasteiger partial charge in [0, 0.05) is 64.5 Å². The summed E-state index contributed by atoms with van der Waals surface area (Å²) in [5.74, 6) is 1.43. The molecule has 2 aliphatic heterocycles. The van der Waals surface area contributed by atoms with E-state index in [4.69, 9.17) is 0 Å². The lowest BCUT2D eigenvalue weighted by atomic mass is 9.96. The number of amides is 2. The van der Waals surface area contributed by atoms with Gasteiger partial charge in [0.2, 0.25) is 0 Å². The molecule has 162 valence electrons. The lowest BCUT2D eigenvalue weighted by molar-refractivity contribution is 0.179. The first-order chi connectivity index (χ1) is 14.7. The summed E-state index contributed by atoms with van der Waals surface area (Å²) in [5.41, 5.74) is 1.31. The number of piperidine rings is 1. The molecule has 3 heterocycles. The average molecular weight is 412 g/mol. The zero-order valence-electron chi connectivity index (χ0n) is 17.9. The second-order valence-electron chi connectivity index (χ2n) is 8.31. The van der Waals surface area contributed by atoms with E-state index in [0.717, 1.165) is 77.4 Å². The van der Waals surface area contributed by atoms with Crippen LogP contribution in [0, 0.1) is 0 Å². The number of para-hydroxylation sites is 1. The van der Waals surface area contributed by atoms with Crippen molar-refractivity contribution in [3.63, 3.8) is 0 Å². The third kappa shape index (κ3) is 5.11. The summed E-state index contributed by atoms with van der Waals surface area (Å²) in [5, 5.41) is 11.3. The Kier molecular flexibility index (Phi) is 6.84. The van der Waals surface area contributed by atoms with Crippen molar-refractivity contribution >= 4 is 11.7 Å². The number of hydrogen-bond donors (Lipinski definition) is 1. The molecular formula is C22H33N7O. The standard InChI is InChI=1S/C22H33N7O/c1-26-18-24-25-21(26)19-8-12-29(13-9-19)22(30)23-10-5-11-27-14-16-28(17-15-27)20-6-3-2-4-7-20/h2-4,6-7,18-19H,5,8-17H2,1H3,(H,23,30). The smallest absolute Gasteiger partial charge is 0.317 e. The maximum atomic E-state index is 12.5. The number of aromatic nitrogens is 3. The molecule has 2 fully saturated rings. The molecule has 8 nitrogen and oxygen atoms in total. The van der Waals surface area contributed by atoms with E-state index in [1.807, 2.05) is 16.5 Å². The van der Waals surface area contributed by atoms with Gasteiger partial charge in [-0.15, -0.1) is 10.2 Å². The molecule has 2 aromatic rings. The number of anilines is 1. The van der Waals surface area contributed by atoms with Gasteiger partial charge in [0.1, 0.15) is 12.2 Å². The highest BCUT2D eigenvalue weighted by atomic mass is 16.2. The van der Waals surface area contributed by atoms with E-state index in [9.17, 15) is 4.79 Å². The molecule has 4 rings (SSSR count). The summed E-state index contributed by atoms with van der Waals surface area (Å²) in [6.45, 7) is 7.64. The number of nitrogens with zero attached hydrogens (tertiary/aromatic N) is 6. The fourth-order valence-electron chi connectivity index (χ4n) is 4.48. The summed E-state index contributed by atoms with van der Waals surface area (Å²) >= 11 is 0. The number of likely N-dealkylation sites (tertiary alicyclic amines) is 1. The van der Waals surface area contributed by atoms with Gasteiger partial charge in [-0.3, -0.25) is 4.90 Å². The molecule has 2 saturated heterocycles. The van der Waals surface area contributed by atoms with Gasteiger partial charge in [-0.25, -0.2) is 4.79 Å². The second kappa shape index (κ2) is 9.93. The van der Waals surface area contributed by atoms with Crippen molar-refractivity contribution in [1.29, 1.82) is 0 Å². The van der Waals surface area contributed by atoms with E-state index in [-0.39, 0.29) is 6.03 Å². The Morgan fingerprint density at radius 2 is 1.80 bits per heavy atom. The Hall–Kier alpha value is -2.61. The molecule has 0 unspecified atom stereocenters. The number of aryl methyl sites for hydroxylation is 1. The summed E-state index contributed by atoms with van der Waals surface area (Å²) in [6, 6.07) is 10.7. The van der Waals surface area contributed by atoms with Gasteiger partial charge < -0.3 is 19.7 Å². The second-order valence-corrected chi connectivity index (χ2v) is 8.31. The number of carbonyl (C=O) groups excluding carboxylic acids is 1. The van der Waals surface area contributed by atoms with Crippen LogP contribution < -0.4 is 10.2 Å². The van der Waals surface area contributed by atoms with Gasteiger partial charge in [0.25, 0.3) is 0 Å². The van der Waals surface area contributed by atoms with Crippen LogP contribution in [0.1, 0.15) is 31.0 Å². The van der Waals surface area contributed by atoms with Crippen molar-refractivity contribution in [2.75, 3.05) is 57.3 Å². The minimum atomic E-state index is 0.0697. The topological polar surface area (TPSA) is 69.5 Å². The molecule has 0 spiro atoms. The minimum Gasteiger partial charge on any atom is -0.369 e. The molecule has 8 heteroatoms. The van der Waals surface area contributed by atoms with E-state index in [2.05, 4.69) is 55.6 Å². The third-order valence-corrected chi connectivity index (χ3v) is 6.31. The molecule has 0 saturated carbocycles. The highest BCUT2D eigenvalue weighted by Gasteiger charge is 2.26. The number of urea groups is 1. The molecule has 30 heavy (non-hydrogen) atoms. The maximum absolute atomic E-state index is 12.5. The molecule has 0 bridgehead atoms. The van der Waals surface area contributed by atoms with Crippen molar-refractivity contribution in [1.82, 2.24) is 29.9 Å². The Balaban J connectivity index is 1.10. The van der Waals surface area contributed by atoms with E-state index in [1.54, 1.807) is 6.33 Å². The molecule has 0 atom stereocenters. The van der Waals surface area contributed by atoms with Gasteiger partial charge in [-0.1, -0.05) is 18.2 Å². The van der Waals surface area contributed by atoms with E-state index in [0.29, 0.717) is 5.92 Å². The average Bonchev–Trinajstić information content (AvgIpc) is 3.23. The third-order valence-electron chi connectivity index (χ3n) is 6.31.